The van der Waals surface area contributed by atoms with E-state index in [1.54, 1.807) is 0 Å². The molecule has 1 heterocycles. The first kappa shape index (κ1) is 9.77. The molecule has 0 spiro atoms. The monoisotopic (exact) mass is 201 g/mol. The Morgan fingerprint density at radius 1 is 1.40 bits per heavy atom. The maximum absolute atomic E-state index is 5.75. The van der Waals surface area contributed by atoms with Crippen molar-refractivity contribution in [2.24, 2.45) is 0 Å². The highest BCUT2D eigenvalue weighted by molar-refractivity contribution is 5.41. The van der Waals surface area contributed by atoms with Crippen molar-refractivity contribution in [3.63, 3.8) is 0 Å². The van der Waals surface area contributed by atoms with Crippen molar-refractivity contribution in [3.05, 3.63) is 47.8 Å². The van der Waals surface area contributed by atoms with Crippen LogP contribution in [0.25, 0.3) is 0 Å². The molecule has 1 aromatic carbocycles. The molecule has 2 N–H and O–H groups in total. The summed E-state index contributed by atoms with van der Waals surface area (Å²) in [4.78, 5) is 0. The Hall–Kier alpha value is -1.77. The summed E-state index contributed by atoms with van der Waals surface area (Å²) in [6.07, 6.45) is 3.90. The number of aromatic nitrogens is 2. The standard InChI is InChI=1S/C12H15N3/c1-9-7-14-15(8-9)10(2)11-4-3-5-12(13)6-11/h3-8,10H,13H2,1-2H3. The van der Waals surface area contributed by atoms with E-state index in [4.69, 9.17) is 5.73 Å². The summed E-state index contributed by atoms with van der Waals surface area (Å²) in [5, 5.41) is 4.30. The van der Waals surface area contributed by atoms with Gasteiger partial charge in [0.2, 0.25) is 0 Å². The highest BCUT2D eigenvalue weighted by Gasteiger charge is 2.08. The van der Waals surface area contributed by atoms with Gasteiger partial charge >= 0.3 is 0 Å². The number of rotatable bonds is 2. The van der Waals surface area contributed by atoms with Gasteiger partial charge in [-0.15, -0.1) is 0 Å². The normalized spacial score (nSPS) is 12.7. The van der Waals surface area contributed by atoms with Crippen LogP contribution in [0.4, 0.5) is 5.69 Å². The molecule has 1 unspecified atom stereocenters. The molecule has 2 aromatic rings. The minimum absolute atomic E-state index is 0.224. The van der Waals surface area contributed by atoms with Gasteiger partial charge in [-0.2, -0.15) is 5.10 Å². The molecule has 0 amide bonds. The van der Waals surface area contributed by atoms with Gasteiger partial charge in [0.05, 0.1) is 12.2 Å². The zero-order valence-electron chi connectivity index (χ0n) is 9.01. The molecule has 78 valence electrons. The van der Waals surface area contributed by atoms with Gasteiger partial charge in [-0.05, 0) is 37.1 Å². The third kappa shape index (κ3) is 2.01. The summed E-state index contributed by atoms with van der Waals surface area (Å²) in [7, 11) is 0. The fourth-order valence-electron chi connectivity index (χ4n) is 1.62. The lowest BCUT2D eigenvalue weighted by atomic mass is 10.1. The molecule has 0 aliphatic heterocycles. The average molecular weight is 201 g/mol. The van der Waals surface area contributed by atoms with E-state index in [0.717, 1.165) is 5.69 Å². The number of hydrogen-bond acceptors (Lipinski definition) is 2. The molecule has 0 saturated heterocycles. The van der Waals surface area contributed by atoms with Gasteiger partial charge in [0.15, 0.2) is 0 Å². The van der Waals surface area contributed by atoms with Gasteiger partial charge in [0, 0.05) is 11.9 Å². The summed E-state index contributed by atoms with van der Waals surface area (Å²) >= 11 is 0. The van der Waals surface area contributed by atoms with E-state index in [9.17, 15) is 0 Å². The molecule has 0 radical (unpaired) electrons. The average Bonchev–Trinajstić information content (AvgIpc) is 2.64. The zero-order valence-corrected chi connectivity index (χ0v) is 9.01. The van der Waals surface area contributed by atoms with Gasteiger partial charge < -0.3 is 5.73 Å². The second-order valence-corrected chi connectivity index (χ2v) is 3.84. The lowest BCUT2D eigenvalue weighted by Gasteiger charge is -2.12. The van der Waals surface area contributed by atoms with Crippen LogP contribution in [-0.4, -0.2) is 9.78 Å². The van der Waals surface area contributed by atoms with Crippen molar-refractivity contribution in [1.82, 2.24) is 9.78 Å². The summed E-state index contributed by atoms with van der Waals surface area (Å²) in [6, 6.07) is 8.14. The smallest absolute Gasteiger partial charge is 0.0741 e. The number of benzene rings is 1. The molecular formula is C12H15N3. The SMILES string of the molecule is Cc1cnn(C(C)c2cccc(N)c2)c1. The summed E-state index contributed by atoms with van der Waals surface area (Å²) in [5.74, 6) is 0. The van der Waals surface area contributed by atoms with E-state index in [2.05, 4.69) is 18.1 Å². The maximum atomic E-state index is 5.75. The van der Waals surface area contributed by atoms with Crippen LogP contribution >= 0.6 is 0 Å². The summed E-state index contributed by atoms with van der Waals surface area (Å²) in [6.45, 7) is 4.15. The second kappa shape index (κ2) is 3.77. The van der Waals surface area contributed by atoms with Crippen LogP contribution in [0.1, 0.15) is 24.1 Å². The predicted molar refractivity (Wildman–Crippen MR) is 61.6 cm³/mol. The maximum Gasteiger partial charge on any atom is 0.0741 e. The topological polar surface area (TPSA) is 43.8 Å². The van der Waals surface area contributed by atoms with E-state index in [1.807, 2.05) is 42.2 Å². The second-order valence-electron chi connectivity index (χ2n) is 3.84. The van der Waals surface area contributed by atoms with Crippen molar-refractivity contribution in [3.8, 4) is 0 Å². The van der Waals surface area contributed by atoms with E-state index in [-0.39, 0.29) is 6.04 Å². The molecule has 15 heavy (non-hydrogen) atoms. The van der Waals surface area contributed by atoms with Gasteiger partial charge in [-0.3, -0.25) is 4.68 Å². The lowest BCUT2D eigenvalue weighted by Crippen LogP contribution is -2.07. The summed E-state index contributed by atoms with van der Waals surface area (Å²) < 4.78 is 1.95. The van der Waals surface area contributed by atoms with E-state index < -0.39 is 0 Å². The molecule has 0 fully saturated rings. The fourth-order valence-corrected chi connectivity index (χ4v) is 1.62. The molecule has 3 heteroatoms. The number of anilines is 1. The lowest BCUT2D eigenvalue weighted by molar-refractivity contribution is 0.564. The molecule has 2 rings (SSSR count). The minimum Gasteiger partial charge on any atom is -0.399 e. The van der Waals surface area contributed by atoms with Crippen LogP contribution in [0.3, 0.4) is 0 Å². The summed E-state index contributed by atoms with van der Waals surface area (Å²) in [5.41, 5.74) is 8.90. The zero-order chi connectivity index (χ0) is 10.8. The van der Waals surface area contributed by atoms with Crippen molar-refractivity contribution in [2.45, 2.75) is 19.9 Å². The van der Waals surface area contributed by atoms with Crippen LogP contribution < -0.4 is 5.73 Å². The quantitative estimate of drug-likeness (QED) is 0.758. The number of nitrogens with zero attached hydrogens (tertiary/aromatic N) is 2. The first-order chi connectivity index (χ1) is 7.16. The minimum atomic E-state index is 0.224. The van der Waals surface area contributed by atoms with Crippen molar-refractivity contribution >= 4 is 5.69 Å². The number of nitrogen functional groups attached to an aromatic ring is 1. The predicted octanol–water partition coefficient (Wildman–Crippen LogP) is 2.38. The van der Waals surface area contributed by atoms with Crippen molar-refractivity contribution < 1.29 is 0 Å². The Kier molecular flexibility index (Phi) is 2.46. The van der Waals surface area contributed by atoms with Crippen LogP contribution in [-0.2, 0) is 0 Å². The Morgan fingerprint density at radius 2 is 2.20 bits per heavy atom. The highest BCUT2D eigenvalue weighted by Crippen LogP contribution is 2.19. The number of nitrogens with two attached hydrogens (primary N) is 1. The highest BCUT2D eigenvalue weighted by atomic mass is 15.3. The number of aryl methyl sites for hydroxylation is 1. The van der Waals surface area contributed by atoms with Crippen LogP contribution in [0.15, 0.2) is 36.7 Å². The fraction of sp³-hybridized carbons (Fsp3) is 0.250. The number of hydrogen-bond donors (Lipinski definition) is 1. The Bertz CT molecular complexity index is 459. The molecule has 0 aliphatic rings. The van der Waals surface area contributed by atoms with E-state index in [0.29, 0.717) is 0 Å². The molecule has 0 saturated carbocycles. The Morgan fingerprint density at radius 3 is 2.80 bits per heavy atom. The molecule has 0 bridgehead atoms. The van der Waals surface area contributed by atoms with Gasteiger partial charge in [-0.25, -0.2) is 0 Å². The third-order valence-electron chi connectivity index (χ3n) is 2.52. The van der Waals surface area contributed by atoms with Gasteiger partial charge in [-0.1, -0.05) is 12.1 Å². The van der Waals surface area contributed by atoms with E-state index in [1.165, 1.54) is 11.1 Å². The van der Waals surface area contributed by atoms with Gasteiger partial charge in [0.1, 0.15) is 0 Å². The molecule has 0 aliphatic carbocycles. The van der Waals surface area contributed by atoms with Gasteiger partial charge in [0.25, 0.3) is 0 Å². The first-order valence-corrected chi connectivity index (χ1v) is 5.03. The molecule has 1 atom stereocenters. The van der Waals surface area contributed by atoms with Crippen LogP contribution in [0.2, 0.25) is 0 Å². The Balaban J connectivity index is 2.32. The van der Waals surface area contributed by atoms with E-state index >= 15 is 0 Å². The van der Waals surface area contributed by atoms with Crippen LogP contribution in [0, 0.1) is 6.92 Å². The Labute approximate surface area is 89.5 Å². The van der Waals surface area contributed by atoms with Crippen LogP contribution in [0.5, 0.6) is 0 Å². The first-order valence-electron chi connectivity index (χ1n) is 5.03. The largest absolute Gasteiger partial charge is 0.399 e. The third-order valence-corrected chi connectivity index (χ3v) is 2.52. The molecular weight excluding hydrogens is 186 g/mol. The van der Waals surface area contributed by atoms with Crippen molar-refractivity contribution in [2.75, 3.05) is 5.73 Å². The molecule has 1 aromatic heterocycles. The molecule has 3 nitrogen and oxygen atoms in total. The van der Waals surface area contributed by atoms with Crippen molar-refractivity contribution in [1.29, 1.82) is 0 Å².